The second kappa shape index (κ2) is 8.76. The molecule has 1 heterocycles. The maximum absolute atomic E-state index is 5.87. The van der Waals surface area contributed by atoms with Gasteiger partial charge in [0.05, 0.1) is 11.9 Å². The number of rotatable bonds is 8. The molecule has 0 N–H and O–H groups in total. The Morgan fingerprint density at radius 1 is 0.741 bits per heavy atom. The summed E-state index contributed by atoms with van der Waals surface area (Å²) in [4.78, 5) is 0. The zero-order valence-corrected chi connectivity index (χ0v) is 16.6. The Hall–Kier alpha value is -2.75. The highest BCUT2D eigenvalue weighted by Gasteiger charge is 2.07. The fourth-order valence-electron chi connectivity index (χ4n) is 2.85. The molecule has 4 nitrogen and oxygen atoms in total. The number of ether oxygens (including phenoxy) is 2. The van der Waals surface area contributed by atoms with Crippen LogP contribution in [0.25, 0.3) is 5.69 Å². The molecule has 0 unspecified atom stereocenters. The molecule has 0 fully saturated rings. The van der Waals surface area contributed by atoms with Crippen molar-refractivity contribution in [1.82, 2.24) is 9.78 Å². The first-order chi connectivity index (χ1) is 13.0. The number of nitrogens with zero attached hydrogens (tertiary/aromatic N) is 2. The van der Waals surface area contributed by atoms with E-state index in [2.05, 4.69) is 69.2 Å². The van der Waals surface area contributed by atoms with Crippen molar-refractivity contribution in [2.75, 3.05) is 13.2 Å². The Balaban J connectivity index is 1.54. The van der Waals surface area contributed by atoms with Crippen LogP contribution in [0.5, 0.6) is 11.6 Å². The Bertz CT molecular complexity index is 834. The Kier molecular flexibility index (Phi) is 6.17. The van der Waals surface area contributed by atoms with Gasteiger partial charge in [-0.2, -0.15) is 5.10 Å². The third-order valence-electron chi connectivity index (χ3n) is 4.56. The van der Waals surface area contributed by atoms with E-state index in [1.165, 1.54) is 11.1 Å². The quantitative estimate of drug-likeness (QED) is 0.490. The van der Waals surface area contributed by atoms with Crippen molar-refractivity contribution in [1.29, 1.82) is 0 Å². The summed E-state index contributed by atoms with van der Waals surface area (Å²) in [6.45, 7) is 9.69. The van der Waals surface area contributed by atoms with Crippen LogP contribution < -0.4 is 9.47 Å². The summed E-state index contributed by atoms with van der Waals surface area (Å²) < 4.78 is 13.4. The van der Waals surface area contributed by atoms with Crippen molar-refractivity contribution < 1.29 is 9.47 Å². The first-order valence-electron chi connectivity index (χ1n) is 9.54. The number of aromatic nitrogens is 2. The van der Waals surface area contributed by atoms with E-state index in [-0.39, 0.29) is 0 Å². The minimum absolute atomic E-state index is 0.460. The third kappa shape index (κ3) is 4.91. The molecule has 0 saturated carbocycles. The summed E-state index contributed by atoms with van der Waals surface area (Å²) in [7, 11) is 0. The van der Waals surface area contributed by atoms with Crippen molar-refractivity contribution >= 4 is 0 Å². The topological polar surface area (TPSA) is 36.3 Å². The van der Waals surface area contributed by atoms with Gasteiger partial charge in [0.2, 0.25) is 5.88 Å². The minimum Gasteiger partial charge on any atom is -0.490 e. The number of hydrogen-bond acceptors (Lipinski definition) is 3. The van der Waals surface area contributed by atoms with Crippen LogP contribution >= 0.6 is 0 Å². The molecule has 142 valence electrons. The van der Waals surface area contributed by atoms with Crippen molar-refractivity contribution in [2.45, 2.75) is 39.5 Å². The van der Waals surface area contributed by atoms with E-state index in [0.29, 0.717) is 30.9 Å². The van der Waals surface area contributed by atoms with E-state index >= 15 is 0 Å². The predicted octanol–water partition coefficient (Wildman–Crippen LogP) is 5.58. The molecule has 0 aliphatic rings. The number of hydrogen-bond donors (Lipinski definition) is 0. The van der Waals surface area contributed by atoms with Crippen LogP contribution in [0.15, 0.2) is 60.8 Å². The van der Waals surface area contributed by atoms with Crippen LogP contribution in [0, 0.1) is 0 Å². The minimum atomic E-state index is 0.460. The van der Waals surface area contributed by atoms with E-state index in [4.69, 9.17) is 9.47 Å². The first kappa shape index (κ1) is 19.0. The molecular weight excluding hydrogens is 336 g/mol. The monoisotopic (exact) mass is 364 g/mol. The molecule has 0 amide bonds. The molecule has 0 aliphatic carbocycles. The van der Waals surface area contributed by atoms with Crippen LogP contribution in [-0.4, -0.2) is 23.0 Å². The zero-order chi connectivity index (χ0) is 19.2. The van der Waals surface area contributed by atoms with Gasteiger partial charge in [-0.3, -0.25) is 0 Å². The molecule has 4 heteroatoms. The van der Waals surface area contributed by atoms with Crippen LogP contribution in [0.4, 0.5) is 0 Å². The second-order valence-electron chi connectivity index (χ2n) is 7.25. The molecule has 0 radical (unpaired) electrons. The van der Waals surface area contributed by atoms with Gasteiger partial charge in [-0.1, -0.05) is 52.0 Å². The maximum Gasteiger partial charge on any atom is 0.216 e. The molecule has 0 atom stereocenters. The summed E-state index contributed by atoms with van der Waals surface area (Å²) >= 11 is 0. The van der Waals surface area contributed by atoms with Gasteiger partial charge in [-0.05, 0) is 47.2 Å². The van der Waals surface area contributed by atoms with Gasteiger partial charge in [0.15, 0.2) is 0 Å². The summed E-state index contributed by atoms with van der Waals surface area (Å²) in [5.74, 6) is 2.61. The SMILES string of the molecule is CC(C)c1ccc(OCCOc2ccnn2-c2ccc(C(C)C)cc2)cc1. The molecule has 27 heavy (non-hydrogen) atoms. The molecular formula is C23H28N2O2. The van der Waals surface area contributed by atoms with Crippen LogP contribution in [0.1, 0.15) is 50.7 Å². The number of benzene rings is 2. The van der Waals surface area contributed by atoms with Crippen LogP contribution in [-0.2, 0) is 0 Å². The average Bonchev–Trinajstić information content (AvgIpc) is 3.14. The lowest BCUT2D eigenvalue weighted by Gasteiger charge is -2.12. The Morgan fingerprint density at radius 3 is 1.89 bits per heavy atom. The molecule has 0 saturated heterocycles. The Morgan fingerprint density at radius 2 is 1.30 bits per heavy atom. The zero-order valence-electron chi connectivity index (χ0n) is 16.6. The van der Waals surface area contributed by atoms with E-state index in [1.54, 1.807) is 6.20 Å². The van der Waals surface area contributed by atoms with Gasteiger partial charge < -0.3 is 9.47 Å². The van der Waals surface area contributed by atoms with Crippen LogP contribution in [0.2, 0.25) is 0 Å². The van der Waals surface area contributed by atoms with E-state index in [9.17, 15) is 0 Å². The van der Waals surface area contributed by atoms with Crippen LogP contribution in [0.3, 0.4) is 0 Å². The van der Waals surface area contributed by atoms with Crippen molar-refractivity contribution in [3.05, 3.63) is 71.9 Å². The molecule has 3 aromatic rings. The lowest BCUT2D eigenvalue weighted by molar-refractivity contribution is 0.208. The van der Waals surface area contributed by atoms with E-state index in [1.807, 2.05) is 22.9 Å². The summed E-state index contributed by atoms with van der Waals surface area (Å²) in [6, 6.07) is 18.5. The summed E-state index contributed by atoms with van der Waals surface area (Å²) in [5.41, 5.74) is 3.61. The standard InChI is InChI=1S/C23H28N2O2/c1-17(2)19-5-9-21(10-6-19)25-23(13-14-24-25)27-16-15-26-22-11-7-20(8-12-22)18(3)4/h5-14,17-18H,15-16H2,1-4H3. The highest BCUT2D eigenvalue weighted by atomic mass is 16.5. The lowest BCUT2D eigenvalue weighted by atomic mass is 10.0. The molecule has 2 aromatic carbocycles. The van der Waals surface area contributed by atoms with Gasteiger partial charge in [0.25, 0.3) is 0 Å². The van der Waals surface area contributed by atoms with E-state index in [0.717, 1.165) is 11.4 Å². The van der Waals surface area contributed by atoms with Gasteiger partial charge in [0, 0.05) is 6.07 Å². The molecule has 0 spiro atoms. The van der Waals surface area contributed by atoms with Gasteiger partial charge in [0.1, 0.15) is 19.0 Å². The molecule has 1 aromatic heterocycles. The molecule has 0 bridgehead atoms. The molecule has 3 rings (SSSR count). The smallest absolute Gasteiger partial charge is 0.216 e. The predicted molar refractivity (Wildman–Crippen MR) is 109 cm³/mol. The Labute approximate surface area is 161 Å². The van der Waals surface area contributed by atoms with Gasteiger partial charge in [-0.15, -0.1) is 0 Å². The third-order valence-corrected chi connectivity index (χ3v) is 4.56. The first-order valence-corrected chi connectivity index (χ1v) is 9.54. The van der Waals surface area contributed by atoms with Crippen molar-refractivity contribution in [3.8, 4) is 17.3 Å². The average molecular weight is 364 g/mol. The largest absolute Gasteiger partial charge is 0.490 e. The normalized spacial score (nSPS) is 11.2. The highest BCUT2D eigenvalue weighted by molar-refractivity contribution is 5.37. The lowest BCUT2D eigenvalue weighted by Crippen LogP contribution is -2.11. The second-order valence-corrected chi connectivity index (χ2v) is 7.25. The van der Waals surface area contributed by atoms with Crippen molar-refractivity contribution in [2.24, 2.45) is 0 Å². The van der Waals surface area contributed by atoms with Gasteiger partial charge >= 0.3 is 0 Å². The highest BCUT2D eigenvalue weighted by Crippen LogP contribution is 2.21. The summed E-state index contributed by atoms with van der Waals surface area (Å²) in [5, 5.41) is 4.37. The molecule has 0 aliphatic heterocycles. The van der Waals surface area contributed by atoms with Gasteiger partial charge in [-0.25, -0.2) is 4.68 Å². The van der Waals surface area contributed by atoms with E-state index < -0.39 is 0 Å². The summed E-state index contributed by atoms with van der Waals surface area (Å²) in [6.07, 6.45) is 1.75. The van der Waals surface area contributed by atoms with Crippen molar-refractivity contribution in [3.63, 3.8) is 0 Å². The fourth-order valence-corrected chi connectivity index (χ4v) is 2.85. The maximum atomic E-state index is 5.87. The fraction of sp³-hybridized carbons (Fsp3) is 0.348.